The van der Waals surface area contributed by atoms with E-state index in [1.54, 1.807) is 0 Å². The molecule has 0 aliphatic heterocycles. The van der Waals surface area contributed by atoms with E-state index in [0.29, 0.717) is 6.61 Å². The van der Waals surface area contributed by atoms with Crippen molar-refractivity contribution in [3.05, 3.63) is 0 Å². The van der Waals surface area contributed by atoms with Gasteiger partial charge in [-0.2, -0.15) is 0 Å². The van der Waals surface area contributed by atoms with Gasteiger partial charge in [-0.3, -0.25) is 0 Å². The number of hydrogen-bond acceptors (Lipinski definition) is 2. The van der Waals surface area contributed by atoms with Crippen molar-refractivity contribution in [1.82, 2.24) is 0 Å². The van der Waals surface area contributed by atoms with Crippen molar-refractivity contribution < 1.29 is 9.53 Å². The van der Waals surface area contributed by atoms with E-state index in [4.69, 9.17) is 5.73 Å². The van der Waals surface area contributed by atoms with Gasteiger partial charge in [-0.15, -0.1) is 0 Å². The van der Waals surface area contributed by atoms with Crippen LogP contribution >= 0.6 is 0 Å². The van der Waals surface area contributed by atoms with E-state index in [9.17, 15) is 4.79 Å². The van der Waals surface area contributed by atoms with Crippen LogP contribution in [-0.4, -0.2) is 12.7 Å². The highest BCUT2D eigenvalue weighted by atomic mass is 16.5. The standard InChI is InChI=1S/C11H23NO2/c1-10(2)8-6-4-3-5-7-9-14-11(12)13/h10H,3-9H2,1-2H3,(H2,12,13). The SMILES string of the molecule is CC(C)CCCCCCCOC(N)=O. The summed E-state index contributed by atoms with van der Waals surface area (Å²) in [5, 5.41) is 0. The third kappa shape index (κ3) is 11.3. The van der Waals surface area contributed by atoms with Crippen LogP contribution in [0, 0.1) is 5.92 Å². The molecule has 2 N–H and O–H groups in total. The molecule has 3 nitrogen and oxygen atoms in total. The lowest BCUT2D eigenvalue weighted by Crippen LogP contribution is -2.13. The Kier molecular flexibility index (Phi) is 8.39. The zero-order chi connectivity index (χ0) is 10.8. The van der Waals surface area contributed by atoms with Gasteiger partial charge in [0.15, 0.2) is 0 Å². The second kappa shape index (κ2) is 8.85. The van der Waals surface area contributed by atoms with Crippen molar-refractivity contribution >= 4 is 6.09 Å². The summed E-state index contributed by atoms with van der Waals surface area (Å²) in [7, 11) is 0. The highest BCUT2D eigenvalue weighted by Gasteiger charge is 1.96. The Morgan fingerprint density at radius 3 is 2.29 bits per heavy atom. The number of ether oxygens (including phenoxy) is 1. The van der Waals surface area contributed by atoms with E-state index in [-0.39, 0.29) is 0 Å². The minimum Gasteiger partial charge on any atom is -0.450 e. The van der Waals surface area contributed by atoms with Gasteiger partial charge in [-0.1, -0.05) is 46.0 Å². The molecular formula is C11H23NO2. The van der Waals surface area contributed by atoms with Gasteiger partial charge in [0.2, 0.25) is 0 Å². The van der Waals surface area contributed by atoms with E-state index in [1.165, 1.54) is 25.7 Å². The Morgan fingerprint density at radius 1 is 1.14 bits per heavy atom. The van der Waals surface area contributed by atoms with Crippen molar-refractivity contribution in [3.8, 4) is 0 Å². The van der Waals surface area contributed by atoms with Crippen molar-refractivity contribution in [1.29, 1.82) is 0 Å². The number of nitrogens with two attached hydrogens (primary N) is 1. The first-order valence-electron chi connectivity index (χ1n) is 5.55. The Hall–Kier alpha value is -0.730. The van der Waals surface area contributed by atoms with Crippen LogP contribution in [0.3, 0.4) is 0 Å². The predicted octanol–water partition coefficient (Wildman–Crippen LogP) is 3.08. The summed E-state index contributed by atoms with van der Waals surface area (Å²) in [4.78, 5) is 10.2. The smallest absolute Gasteiger partial charge is 0.404 e. The molecule has 0 saturated carbocycles. The zero-order valence-electron chi connectivity index (χ0n) is 9.42. The number of rotatable bonds is 8. The lowest BCUT2D eigenvalue weighted by molar-refractivity contribution is 0.154. The molecule has 0 rings (SSSR count). The van der Waals surface area contributed by atoms with E-state index in [2.05, 4.69) is 18.6 Å². The molecule has 0 spiro atoms. The van der Waals surface area contributed by atoms with Gasteiger partial charge in [-0.05, 0) is 12.3 Å². The molecule has 0 aliphatic carbocycles. The average Bonchev–Trinajstić information content (AvgIpc) is 2.08. The molecule has 1 amide bonds. The van der Waals surface area contributed by atoms with Gasteiger partial charge in [-0.25, -0.2) is 4.79 Å². The molecule has 0 aromatic carbocycles. The van der Waals surface area contributed by atoms with Crippen molar-refractivity contribution in [3.63, 3.8) is 0 Å². The molecule has 0 aromatic rings. The third-order valence-electron chi connectivity index (χ3n) is 2.17. The van der Waals surface area contributed by atoms with E-state index < -0.39 is 6.09 Å². The van der Waals surface area contributed by atoms with Crippen LogP contribution in [-0.2, 0) is 4.74 Å². The molecule has 0 unspecified atom stereocenters. The van der Waals surface area contributed by atoms with Gasteiger partial charge in [0.25, 0.3) is 0 Å². The molecule has 0 bridgehead atoms. The first-order chi connectivity index (χ1) is 6.63. The minimum absolute atomic E-state index is 0.472. The fraction of sp³-hybridized carbons (Fsp3) is 0.909. The largest absolute Gasteiger partial charge is 0.450 e. The first-order valence-corrected chi connectivity index (χ1v) is 5.55. The summed E-state index contributed by atoms with van der Waals surface area (Å²) in [5.74, 6) is 0.813. The van der Waals surface area contributed by atoms with Crippen LogP contribution < -0.4 is 5.73 Å². The van der Waals surface area contributed by atoms with Crippen LogP contribution in [0.2, 0.25) is 0 Å². The Bertz CT molecular complexity index is 146. The highest BCUT2D eigenvalue weighted by molar-refractivity contribution is 5.64. The molecular weight excluding hydrogens is 178 g/mol. The Labute approximate surface area is 87.0 Å². The quantitative estimate of drug-likeness (QED) is 0.613. The molecule has 0 heterocycles. The monoisotopic (exact) mass is 201 g/mol. The summed E-state index contributed by atoms with van der Waals surface area (Å²) in [5.41, 5.74) is 4.83. The maximum Gasteiger partial charge on any atom is 0.404 e. The maximum absolute atomic E-state index is 10.2. The van der Waals surface area contributed by atoms with Gasteiger partial charge in [0.1, 0.15) is 0 Å². The molecule has 0 aliphatic rings. The average molecular weight is 201 g/mol. The second-order valence-electron chi connectivity index (χ2n) is 4.12. The van der Waals surface area contributed by atoms with Crippen molar-refractivity contribution in [2.75, 3.05) is 6.61 Å². The minimum atomic E-state index is -0.662. The molecule has 0 atom stereocenters. The molecule has 14 heavy (non-hydrogen) atoms. The molecule has 0 fully saturated rings. The normalized spacial score (nSPS) is 10.5. The first kappa shape index (κ1) is 13.3. The lowest BCUT2D eigenvalue weighted by atomic mass is 10.0. The van der Waals surface area contributed by atoms with Crippen LogP contribution in [0.25, 0.3) is 0 Å². The van der Waals surface area contributed by atoms with E-state index >= 15 is 0 Å². The Morgan fingerprint density at radius 2 is 1.71 bits per heavy atom. The van der Waals surface area contributed by atoms with Gasteiger partial charge >= 0.3 is 6.09 Å². The summed E-state index contributed by atoms with van der Waals surface area (Å²) < 4.78 is 4.63. The summed E-state index contributed by atoms with van der Waals surface area (Å²) >= 11 is 0. The number of amides is 1. The molecule has 0 saturated heterocycles. The fourth-order valence-corrected chi connectivity index (χ4v) is 1.36. The van der Waals surface area contributed by atoms with E-state index in [0.717, 1.165) is 18.8 Å². The van der Waals surface area contributed by atoms with Gasteiger partial charge in [0, 0.05) is 0 Å². The maximum atomic E-state index is 10.2. The summed E-state index contributed by atoms with van der Waals surface area (Å²) in [6.45, 7) is 4.97. The fourth-order valence-electron chi connectivity index (χ4n) is 1.36. The number of hydrogen-bond donors (Lipinski definition) is 1. The third-order valence-corrected chi connectivity index (χ3v) is 2.17. The molecule has 3 heteroatoms. The second-order valence-corrected chi connectivity index (χ2v) is 4.12. The lowest BCUT2D eigenvalue weighted by Gasteiger charge is -2.04. The van der Waals surface area contributed by atoms with Crippen LogP contribution in [0.1, 0.15) is 52.4 Å². The highest BCUT2D eigenvalue weighted by Crippen LogP contribution is 2.10. The number of unbranched alkanes of at least 4 members (excludes halogenated alkanes) is 4. The van der Waals surface area contributed by atoms with Gasteiger partial charge in [0.05, 0.1) is 6.61 Å². The van der Waals surface area contributed by atoms with Crippen LogP contribution in [0.15, 0.2) is 0 Å². The van der Waals surface area contributed by atoms with Crippen molar-refractivity contribution in [2.24, 2.45) is 11.7 Å². The molecule has 0 aromatic heterocycles. The topological polar surface area (TPSA) is 52.3 Å². The predicted molar refractivity (Wildman–Crippen MR) is 58.1 cm³/mol. The zero-order valence-corrected chi connectivity index (χ0v) is 9.42. The molecule has 0 radical (unpaired) electrons. The molecule has 84 valence electrons. The van der Waals surface area contributed by atoms with Gasteiger partial charge < -0.3 is 10.5 Å². The van der Waals surface area contributed by atoms with Crippen molar-refractivity contribution in [2.45, 2.75) is 52.4 Å². The number of carbonyl (C=O) groups is 1. The number of primary amides is 1. The van der Waals surface area contributed by atoms with Crippen LogP contribution in [0.4, 0.5) is 4.79 Å². The summed E-state index contributed by atoms with van der Waals surface area (Å²) in [6, 6.07) is 0. The number of carbonyl (C=O) groups excluding carboxylic acids is 1. The van der Waals surface area contributed by atoms with E-state index in [1.807, 2.05) is 0 Å². The Balaban J connectivity index is 2.96. The summed E-state index contributed by atoms with van der Waals surface area (Å²) in [6.07, 6.45) is 6.55. The van der Waals surface area contributed by atoms with Crippen LogP contribution in [0.5, 0.6) is 0 Å².